The van der Waals surface area contributed by atoms with Gasteiger partial charge in [0, 0.05) is 41.5 Å². The Labute approximate surface area is 225 Å². The molecule has 1 saturated heterocycles. The van der Waals surface area contributed by atoms with Gasteiger partial charge in [0.05, 0.1) is 42.8 Å². The molecule has 4 rings (SSSR count). The van der Waals surface area contributed by atoms with E-state index < -0.39 is 23.8 Å². The Balaban J connectivity index is 1.35. The predicted octanol–water partition coefficient (Wildman–Crippen LogP) is 2.96. The number of aliphatic hydroxyl groups excluding tert-OH is 1. The molecule has 2 amide bonds. The first-order valence-electron chi connectivity index (χ1n) is 12.2. The van der Waals surface area contributed by atoms with Gasteiger partial charge >= 0.3 is 0 Å². The number of pyridine rings is 1. The molecule has 3 N–H and O–H groups in total. The van der Waals surface area contributed by atoms with E-state index in [-0.39, 0.29) is 30.0 Å². The number of nitriles is 1. The number of hydrogen-bond donors (Lipinski definition) is 3. The fraction of sp³-hybridized carbons (Fsp3) is 0.370. The molecule has 2 aromatic heterocycles. The molecule has 1 aromatic carbocycles. The average Bonchev–Trinajstić information content (AvgIpc) is 3.39. The molecule has 10 nitrogen and oxygen atoms in total. The van der Waals surface area contributed by atoms with Crippen LogP contribution in [0.4, 0.5) is 10.8 Å². The molecule has 1 fully saturated rings. The molecule has 1 aliphatic rings. The van der Waals surface area contributed by atoms with Crippen LogP contribution in [0.25, 0.3) is 11.3 Å². The lowest BCUT2D eigenvalue weighted by atomic mass is 9.88. The minimum Gasteiger partial charge on any atom is -0.394 e. The zero-order valence-electron chi connectivity index (χ0n) is 21.5. The normalized spacial score (nSPS) is 18.8. The number of amides is 2. The maximum atomic E-state index is 12.6. The predicted molar refractivity (Wildman–Crippen MR) is 145 cm³/mol. The van der Waals surface area contributed by atoms with Gasteiger partial charge in [-0.3, -0.25) is 14.6 Å². The van der Waals surface area contributed by atoms with Gasteiger partial charge in [0.15, 0.2) is 5.13 Å². The van der Waals surface area contributed by atoms with E-state index in [4.69, 9.17) is 4.74 Å². The van der Waals surface area contributed by atoms with E-state index in [9.17, 15) is 20.0 Å². The topological polar surface area (TPSA) is 140 Å². The number of aromatic nitrogens is 2. The molecule has 3 aromatic rings. The fourth-order valence-electron chi connectivity index (χ4n) is 4.19. The van der Waals surface area contributed by atoms with Crippen molar-refractivity contribution in [2.45, 2.75) is 38.4 Å². The van der Waals surface area contributed by atoms with E-state index in [1.165, 1.54) is 36.6 Å². The summed E-state index contributed by atoms with van der Waals surface area (Å²) in [4.78, 5) is 36.0. The Morgan fingerprint density at radius 1 is 1.26 bits per heavy atom. The lowest BCUT2D eigenvalue weighted by Crippen LogP contribution is -2.45. The monoisotopic (exact) mass is 534 g/mol. The lowest BCUT2D eigenvalue weighted by Gasteiger charge is -2.37. The van der Waals surface area contributed by atoms with E-state index >= 15 is 0 Å². The third-order valence-corrected chi connectivity index (χ3v) is 6.99. The highest BCUT2D eigenvalue weighted by Gasteiger charge is 2.28. The van der Waals surface area contributed by atoms with Crippen LogP contribution in [0.3, 0.4) is 0 Å². The summed E-state index contributed by atoms with van der Waals surface area (Å²) in [5.74, 6) is -0.916. The van der Waals surface area contributed by atoms with Gasteiger partial charge in [-0.15, -0.1) is 11.3 Å². The standard InChI is InChI=1S/C27H30N6O4S/c1-17-12-33(13-18(2)37-17)21-6-4-5-19(9-21)22-14-38-26(31-22)32-24(35)11-30-25(36)20-7-8-29-23(10-20)27(3,15-28)16-34/h4-10,14,17-18,34H,11-13,16H2,1-3H3,(H,30,36)(H,31,32,35)/t17-,18+,27-/m0/s1. The minimum atomic E-state index is -1.23. The van der Waals surface area contributed by atoms with Gasteiger partial charge in [-0.25, -0.2) is 4.98 Å². The van der Waals surface area contributed by atoms with E-state index in [0.29, 0.717) is 5.13 Å². The minimum absolute atomic E-state index is 0.155. The number of thiazole rings is 1. The molecule has 1 aliphatic heterocycles. The van der Waals surface area contributed by atoms with E-state index in [0.717, 1.165) is 30.0 Å². The summed E-state index contributed by atoms with van der Waals surface area (Å²) in [5, 5.41) is 26.4. The van der Waals surface area contributed by atoms with Crippen molar-refractivity contribution in [2.24, 2.45) is 0 Å². The van der Waals surface area contributed by atoms with Crippen LogP contribution in [-0.2, 0) is 14.9 Å². The molecule has 198 valence electrons. The number of hydrogen-bond acceptors (Lipinski definition) is 9. The summed E-state index contributed by atoms with van der Waals surface area (Å²) in [5.41, 5.74) is 2.07. The first-order chi connectivity index (χ1) is 18.2. The van der Waals surface area contributed by atoms with Crippen molar-refractivity contribution in [1.29, 1.82) is 5.26 Å². The molecule has 0 unspecified atom stereocenters. The van der Waals surface area contributed by atoms with E-state index in [1.54, 1.807) is 0 Å². The van der Waals surface area contributed by atoms with Crippen LogP contribution < -0.4 is 15.5 Å². The quantitative estimate of drug-likeness (QED) is 0.401. The lowest BCUT2D eigenvalue weighted by molar-refractivity contribution is -0.115. The van der Waals surface area contributed by atoms with E-state index in [1.807, 2.05) is 23.6 Å². The molecule has 0 saturated carbocycles. The maximum absolute atomic E-state index is 12.6. The highest BCUT2D eigenvalue weighted by molar-refractivity contribution is 7.14. The van der Waals surface area contributed by atoms with Gasteiger partial charge in [0.1, 0.15) is 5.41 Å². The smallest absolute Gasteiger partial charge is 0.251 e. The van der Waals surface area contributed by atoms with Crippen LogP contribution in [0.1, 0.15) is 36.8 Å². The number of rotatable bonds is 8. The number of carbonyl (C=O) groups is 2. The number of aliphatic hydroxyl groups is 1. The van der Waals surface area contributed by atoms with Crippen LogP contribution in [-0.4, -0.2) is 65.3 Å². The van der Waals surface area contributed by atoms with Crippen LogP contribution in [0.15, 0.2) is 48.0 Å². The molecule has 3 heterocycles. The Hall–Kier alpha value is -3.85. The Morgan fingerprint density at radius 2 is 2.03 bits per heavy atom. The van der Waals surface area contributed by atoms with Gasteiger partial charge < -0.3 is 25.4 Å². The van der Waals surface area contributed by atoms with Crippen LogP contribution in [0.5, 0.6) is 0 Å². The maximum Gasteiger partial charge on any atom is 0.251 e. The Bertz CT molecular complexity index is 1350. The van der Waals surface area contributed by atoms with E-state index in [2.05, 4.69) is 51.5 Å². The molecular formula is C27H30N6O4S. The molecule has 3 atom stereocenters. The van der Waals surface area contributed by atoms with Crippen molar-refractivity contribution >= 4 is 34.0 Å². The third-order valence-electron chi connectivity index (χ3n) is 6.24. The first-order valence-corrected chi connectivity index (χ1v) is 13.1. The van der Waals surface area contributed by atoms with Gasteiger partial charge in [0.25, 0.3) is 5.91 Å². The second kappa shape index (κ2) is 11.7. The third kappa shape index (κ3) is 6.34. The zero-order valence-corrected chi connectivity index (χ0v) is 22.3. The molecule has 0 bridgehead atoms. The summed E-state index contributed by atoms with van der Waals surface area (Å²) >= 11 is 1.30. The highest BCUT2D eigenvalue weighted by Crippen LogP contribution is 2.29. The molecule has 38 heavy (non-hydrogen) atoms. The van der Waals surface area contributed by atoms with Crippen molar-refractivity contribution in [1.82, 2.24) is 15.3 Å². The van der Waals surface area contributed by atoms with Crippen LogP contribution in [0, 0.1) is 11.3 Å². The van der Waals surface area contributed by atoms with Crippen molar-refractivity contribution in [3.05, 3.63) is 59.2 Å². The van der Waals surface area contributed by atoms with Crippen molar-refractivity contribution in [3.63, 3.8) is 0 Å². The fourth-order valence-corrected chi connectivity index (χ4v) is 4.92. The van der Waals surface area contributed by atoms with Gasteiger partial charge in [0.2, 0.25) is 5.91 Å². The van der Waals surface area contributed by atoms with Crippen molar-refractivity contribution < 1.29 is 19.4 Å². The van der Waals surface area contributed by atoms with Gasteiger partial charge in [-0.2, -0.15) is 5.26 Å². The summed E-state index contributed by atoms with van der Waals surface area (Å²) < 4.78 is 5.84. The Morgan fingerprint density at radius 3 is 2.74 bits per heavy atom. The molecule has 11 heteroatoms. The Kier molecular flexibility index (Phi) is 8.36. The number of morpholine rings is 1. The zero-order chi connectivity index (χ0) is 27.3. The van der Waals surface area contributed by atoms with Crippen LogP contribution in [0.2, 0.25) is 0 Å². The summed E-state index contributed by atoms with van der Waals surface area (Å²) in [7, 11) is 0. The van der Waals surface area contributed by atoms with Crippen LogP contribution >= 0.6 is 11.3 Å². The molecule has 0 spiro atoms. The highest BCUT2D eigenvalue weighted by atomic mass is 32.1. The number of benzene rings is 1. The first kappa shape index (κ1) is 27.2. The molecule has 0 aliphatic carbocycles. The SMILES string of the molecule is C[C@@H]1CN(c2cccc(-c3csc(NC(=O)CNC(=O)c4ccnc([C@@](C)(C#N)CO)c4)n3)c2)C[C@H](C)O1. The van der Waals surface area contributed by atoms with Gasteiger partial charge in [-0.05, 0) is 45.0 Å². The van der Waals surface area contributed by atoms with Crippen molar-refractivity contribution in [3.8, 4) is 17.3 Å². The largest absolute Gasteiger partial charge is 0.394 e. The van der Waals surface area contributed by atoms with Gasteiger partial charge in [-0.1, -0.05) is 12.1 Å². The summed E-state index contributed by atoms with van der Waals surface area (Å²) in [6.07, 6.45) is 1.70. The average molecular weight is 535 g/mol. The summed E-state index contributed by atoms with van der Waals surface area (Å²) in [6, 6.07) is 13.0. The summed E-state index contributed by atoms with van der Waals surface area (Å²) in [6.45, 7) is 6.61. The number of anilines is 2. The molecular weight excluding hydrogens is 504 g/mol. The number of ether oxygens (including phenoxy) is 1. The second-order valence-electron chi connectivity index (χ2n) is 9.51. The number of nitrogens with one attached hydrogen (secondary N) is 2. The van der Waals surface area contributed by atoms with Crippen molar-refractivity contribution in [2.75, 3.05) is 36.5 Å². The number of nitrogens with zero attached hydrogens (tertiary/aromatic N) is 4. The second-order valence-corrected chi connectivity index (χ2v) is 10.4. The number of carbonyl (C=O) groups excluding carboxylic acids is 2. The molecule has 0 radical (unpaired) electrons.